The van der Waals surface area contributed by atoms with Crippen molar-refractivity contribution < 1.29 is 17.9 Å². The van der Waals surface area contributed by atoms with E-state index < -0.39 is 22.5 Å². The van der Waals surface area contributed by atoms with E-state index in [1.807, 2.05) is 18.2 Å². The SMILES string of the molecule is O=C(CN(Cc1ccc(Cl)cc1)S(=O)(=O)c1ccccc1)Nc1cc(Cl)ccc1Oc1ccccc1. The topological polar surface area (TPSA) is 75.7 Å². The fraction of sp³-hybridized carbons (Fsp3) is 0.0741. The van der Waals surface area contributed by atoms with Crippen molar-refractivity contribution in [1.29, 1.82) is 0 Å². The molecule has 0 aliphatic heterocycles. The van der Waals surface area contributed by atoms with Crippen molar-refractivity contribution in [3.05, 3.63) is 119 Å². The van der Waals surface area contributed by atoms with Gasteiger partial charge in [-0.05, 0) is 60.2 Å². The van der Waals surface area contributed by atoms with Gasteiger partial charge in [-0.1, -0.05) is 71.7 Å². The molecule has 4 aromatic rings. The molecule has 0 bridgehead atoms. The first kappa shape index (κ1) is 25.7. The zero-order valence-corrected chi connectivity index (χ0v) is 21.3. The van der Waals surface area contributed by atoms with E-state index in [0.29, 0.717) is 32.8 Å². The molecular formula is C27H22Cl2N2O4S. The van der Waals surface area contributed by atoms with Crippen LogP contribution in [-0.2, 0) is 21.4 Å². The quantitative estimate of drug-likeness (QED) is 0.259. The van der Waals surface area contributed by atoms with Crippen LogP contribution in [0.3, 0.4) is 0 Å². The van der Waals surface area contributed by atoms with Crippen LogP contribution in [0.15, 0.2) is 108 Å². The number of sulfonamides is 1. The van der Waals surface area contributed by atoms with Gasteiger partial charge >= 0.3 is 0 Å². The summed E-state index contributed by atoms with van der Waals surface area (Å²) in [6.07, 6.45) is 0. The number of para-hydroxylation sites is 1. The molecular weight excluding hydrogens is 519 g/mol. The summed E-state index contributed by atoms with van der Waals surface area (Å²) in [5.41, 5.74) is 1.00. The molecule has 0 aliphatic rings. The number of amides is 1. The van der Waals surface area contributed by atoms with E-state index in [0.717, 1.165) is 4.31 Å². The molecule has 6 nitrogen and oxygen atoms in total. The maximum absolute atomic E-state index is 13.4. The molecule has 0 heterocycles. The summed E-state index contributed by atoms with van der Waals surface area (Å²) in [5.74, 6) is 0.393. The number of benzene rings is 4. The Morgan fingerprint density at radius 2 is 1.42 bits per heavy atom. The van der Waals surface area contributed by atoms with Gasteiger partial charge in [0.15, 0.2) is 5.75 Å². The Kier molecular flexibility index (Phi) is 8.28. The van der Waals surface area contributed by atoms with E-state index in [4.69, 9.17) is 27.9 Å². The van der Waals surface area contributed by atoms with Crippen molar-refractivity contribution >= 4 is 44.8 Å². The number of halogens is 2. The summed E-state index contributed by atoms with van der Waals surface area (Å²) in [7, 11) is -3.98. The molecule has 0 unspecified atom stereocenters. The van der Waals surface area contributed by atoms with E-state index in [2.05, 4.69) is 5.32 Å². The highest BCUT2D eigenvalue weighted by Crippen LogP contribution is 2.32. The maximum Gasteiger partial charge on any atom is 0.243 e. The first-order valence-electron chi connectivity index (χ1n) is 10.9. The third-order valence-corrected chi connectivity index (χ3v) is 7.45. The van der Waals surface area contributed by atoms with Gasteiger partial charge in [-0.25, -0.2) is 8.42 Å². The molecule has 0 saturated heterocycles. The van der Waals surface area contributed by atoms with Gasteiger partial charge in [0.1, 0.15) is 5.75 Å². The molecule has 36 heavy (non-hydrogen) atoms. The predicted molar refractivity (Wildman–Crippen MR) is 142 cm³/mol. The molecule has 4 aromatic carbocycles. The van der Waals surface area contributed by atoms with Crippen LogP contribution in [-0.4, -0.2) is 25.2 Å². The lowest BCUT2D eigenvalue weighted by molar-refractivity contribution is -0.116. The highest BCUT2D eigenvalue weighted by Gasteiger charge is 2.27. The van der Waals surface area contributed by atoms with Crippen LogP contribution < -0.4 is 10.1 Å². The lowest BCUT2D eigenvalue weighted by Crippen LogP contribution is -2.37. The number of nitrogens with zero attached hydrogens (tertiary/aromatic N) is 1. The minimum atomic E-state index is -3.98. The normalized spacial score (nSPS) is 11.3. The van der Waals surface area contributed by atoms with E-state index in [-0.39, 0.29) is 11.4 Å². The van der Waals surface area contributed by atoms with Crippen LogP contribution in [0.5, 0.6) is 11.5 Å². The summed E-state index contributed by atoms with van der Waals surface area (Å²) in [4.78, 5) is 13.2. The van der Waals surface area contributed by atoms with Gasteiger partial charge < -0.3 is 10.1 Å². The van der Waals surface area contributed by atoms with E-state index in [1.165, 1.54) is 12.1 Å². The molecule has 1 amide bonds. The van der Waals surface area contributed by atoms with E-state index >= 15 is 0 Å². The summed E-state index contributed by atoms with van der Waals surface area (Å²) >= 11 is 12.1. The third kappa shape index (κ3) is 6.65. The van der Waals surface area contributed by atoms with Crippen molar-refractivity contribution in [3.8, 4) is 11.5 Å². The van der Waals surface area contributed by atoms with Gasteiger partial charge in [0.25, 0.3) is 0 Å². The monoisotopic (exact) mass is 540 g/mol. The minimum absolute atomic E-state index is 0.0231. The lowest BCUT2D eigenvalue weighted by Gasteiger charge is -2.22. The average Bonchev–Trinajstić information content (AvgIpc) is 2.87. The average molecular weight is 541 g/mol. The second-order valence-electron chi connectivity index (χ2n) is 7.82. The molecule has 0 spiro atoms. The number of ether oxygens (including phenoxy) is 1. The van der Waals surface area contributed by atoms with Crippen LogP contribution in [0.2, 0.25) is 10.0 Å². The van der Waals surface area contributed by atoms with Crippen molar-refractivity contribution in [3.63, 3.8) is 0 Å². The Bertz CT molecular complexity index is 1430. The Hall–Kier alpha value is -3.36. The number of carbonyl (C=O) groups is 1. The van der Waals surface area contributed by atoms with E-state index in [9.17, 15) is 13.2 Å². The van der Waals surface area contributed by atoms with Gasteiger partial charge in [0.2, 0.25) is 15.9 Å². The van der Waals surface area contributed by atoms with Crippen molar-refractivity contribution in [2.24, 2.45) is 0 Å². The van der Waals surface area contributed by atoms with Crippen molar-refractivity contribution in [2.75, 3.05) is 11.9 Å². The lowest BCUT2D eigenvalue weighted by atomic mass is 10.2. The fourth-order valence-electron chi connectivity index (χ4n) is 3.42. The number of hydrogen-bond donors (Lipinski definition) is 1. The van der Waals surface area contributed by atoms with Gasteiger partial charge in [0, 0.05) is 16.6 Å². The molecule has 0 atom stereocenters. The number of anilines is 1. The first-order chi connectivity index (χ1) is 17.3. The molecule has 4 rings (SSSR count). The summed E-state index contributed by atoms with van der Waals surface area (Å²) in [5, 5.41) is 3.66. The smallest absolute Gasteiger partial charge is 0.243 e. The van der Waals surface area contributed by atoms with Gasteiger partial charge in [-0.15, -0.1) is 0 Å². The molecule has 0 radical (unpaired) electrons. The Balaban J connectivity index is 1.59. The standard InChI is InChI=1S/C27H22Cl2N2O4S/c28-21-13-11-20(12-14-21)18-31(36(33,34)24-9-5-2-6-10-24)19-27(32)30-25-17-22(29)15-16-26(25)35-23-7-3-1-4-8-23/h1-17H,18-19H2,(H,30,32). The number of hydrogen-bond acceptors (Lipinski definition) is 4. The molecule has 0 aliphatic carbocycles. The molecule has 0 aromatic heterocycles. The second kappa shape index (κ2) is 11.6. The fourth-order valence-corrected chi connectivity index (χ4v) is 5.12. The molecule has 184 valence electrons. The molecule has 0 saturated carbocycles. The summed E-state index contributed by atoms with van der Waals surface area (Å²) in [6, 6.07) is 28.6. The molecule has 1 N–H and O–H groups in total. The number of rotatable bonds is 9. The molecule has 9 heteroatoms. The zero-order chi connectivity index (χ0) is 25.5. The number of carbonyl (C=O) groups excluding carboxylic acids is 1. The highest BCUT2D eigenvalue weighted by molar-refractivity contribution is 7.89. The Labute approximate surface area is 220 Å². The minimum Gasteiger partial charge on any atom is -0.455 e. The predicted octanol–water partition coefficient (Wildman–Crippen LogP) is 6.62. The Morgan fingerprint density at radius 1 is 0.806 bits per heavy atom. The van der Waals surface area contributed by atoms with Gasteiger partial charge in [-0.2, -0.15) is 4.31 Å². The number of nitrogens with one attached hydrogen (secondary N) is 1. The van der Waals surface area contributed by atoms with Gasteiger partial charge in [-0.3, -0.25) is 4.79 Å². The summed E-state index contributed by atoms with van der Waals surface area (Å²) in [6.45, 7) is -0.456. The van der Waals surface area contributed by atoms with Crippen LogP contribution in [0, 0.1) is 0 Å². The van der Waals surface area contributed by atoms with Gasteiger partial charge in [0.05, 0.1) is 17.1 Å². The largest absolute Gasteiger partial charge is 0.455 e. The third-order valence-electron chi connectivity index (χ3n) is 5.16. The van der Waals surface area contributed by atoms with Crippen molar-refractivity contribution in [1.82, 2.24) is 4.31 Å². The molecule has 0 fully saturated rings. The Morgan fingerprint density at radius 3 is 2.08 bits per heavy atom. The first-order valence-corrected chi connectivity index (χ1v) is 13.1. The summed E-state index contributed by atoms with van der Waals surface area (Å²) < 4.78 is 33.9. The highest BCUT2D eigenvalue weighted by atomic mass is 35.5. The zero-order valence-electron chi connectivity index (χ0n) is 19.0. The second-order valence-corrected chi connectivity index (χ2v) is 10.6. The maximum atomic E-state index is 13.4. The van der Waals surface area contributed by atoms with Crippen LogP contribution in [0.1, 0.15) is 5.56 Å². The van der Waals surface area contributed by atoms with Crippen LogP contribution in [0.25, 0.3) is 0 Å². The van der Waals surface area contributed by atoms with Crippen molar-refractivity contribution in [2.45, 2.75) is 11.4 Å². The van der Waals surface area contributed by atoms with Crippen LogP contribution >= 0.6 is 23.2 Å². The van der Waals surface area contributed by atoms with E-state index in [1.54, 1.807) is 72.8 Å². The van der Waals surface area contributed by atoms with Crippen LogP contribution in [0.4, 0.5) is 5.69 Å².